The van der Waals surface area contributed by atoms with E-state index in [4.69, 9.17) is 5.11 Å². The molecule has 1 aromatic rings. The molecule has 1 aromatic heterocycles. The van der Waals surface area contributed by atoms with Crippen LogP contribution in [0.15, 0.2) is 18.2 Å². The molecule has 0 atom stereocenters. The Bertz CT molecular complexity index is 418. The first-order valence-electron chi connectivity index (χ1n) is 6.38. The zero-order valence-electron chi connectivity index (χ0n) is 10.6. The zero-order valence-corrected chi connectivity index (χ0v) is 10.6. The average Bonchev–Trinajstić information content (AvgIpc) is 3.19. The van der Waals surface area contributed by atoms with Crippen molar-refractivity contribution in [3.8, 4) is 0 Å². The van der Waals surface area contributed by atoms with E-state index in [9.17, 15) is 4.79 Å². The summed E-state index contributed by atoms with van der Waals surface area (Å²) >= 11 is 0. The molecule has 1 heterocycles. The topological polar surface area (TPSA) is 65.5 Å². The molecule has 1 aliphatic carbocycles. The Kier molecular flexibility index (Phi) is 4.15. The van der Waals surface area contributed by atoms with Crippen LogP contribution in [0.5, 0.6) is 0 Å². The van der Waals surface area contributed by atoms with Crippen molar-refractivity contribution in [2.24, 2.45) is 0 Å². The van der Waals surface area contributed by atoms with Gasteiger partial charge in [-0.1, -0.05) is 6.07 Å². The van der Waals surface area contributed by atoms with Gasteiger partial charge in [0.2, 0.25) is 0 Å². The summed E-state index contributed by atoms with van der Waals surface area (Å²) in [4.78, 5) is 18.1. The number of carbonyl (C=O) groups excluding carboxylic acids is 1. The molecule has 2 rings (SSSR count). The Morgan fingerprint density at radius 3 is 2.94 bits per heavy atom. The standard InChI is InChI=1S/C13H19N3O2/c1-2-16(8-9-17)13(18)11-4-3-5-12(15-11)14-10-6-7-10/h3-5,10,17H,2,6-9H2,1H3,(H,14,15). The fourth-order valence-corrected chi connectivity index (χ4v) is 1.76. The molecule has 5 heteroatoms. The van der Waals surface area contributed by atoms with Crippen LogP contribution in [0.4, 0.5) is 5.82 Å². The van der Waals surface area contributed by atoms with Crippen LogP contribution in [-0.2, 0) is 0 Å². The Morgan fingerprint density at radius 2 is 2.33 bits per heavy atom. The van der Waals surface area contributed by atoms with Crippen LogP contribution >= 0.6 is 0 Å². The average molecular weight is 249 g/mol. The quantitative estimate of drug-likeness (QED) is 0.792. The largest absolute Gasteiger partial charge is 0.395 e. The van der Waals surface area contributed by atoms with Crippen molar-refractivity contribution >= 4 is 11.7 Å². The van der Waals surface area contributed by atoms with Crippen LogP contribution in [0.3, 0.4) is 0 Å². The van der Waals surface area contributed by atoms with Crippen molar-refractivity contribution in [2.45, 2.75) is 25.8 Å². The van der Waals surface area contributed by atoms with E-state index in [2.05, 4.69) is 10.3 Å². The predicted molar refractivity (Wildman–Crippen MR) is 69.5 cm³/mol. The Labute approximate surface area is 107 Å². The molecule has 1 aliphatic rings. The fraction of sp³-hybridized carbons (Fsp3) is 0.538. The Balaban J connectivity index is 2.08. The second-order valence-corrected chi connectivity index (χ2v) is 4.44. The van der Waals surface area contributed by atoms with E-state index in [-0.39, 0.29) is 12.5 Å². The highest BCUT2D eigenvalue weighted by atomic mass is 16.3. The van der Waals surface area contributed by atoms with Gasteiger partial charge in [-0.2, -0.15) is 0 Å². The first-order valence-corrected chi connectivity index (χ1v) is 6.38. The molecule has 0 aromatic carbocycles. The number of aliphatic hydroxyl groups is 1. The van der Waals surface area contributed by atoms with Gasteiger partial charge in [0.05, 0.1) is 6.61 Å². The minimum Gasteiger partial charge on any atom is -0.395 e. The third-order valence-electron chi connectivity index (χ3n) is 2.94. The molecule has 0 aliphatic heterocycles. The van der Waals surface area contributed by atoms with Gasteiger partial charge in [0.25, 0.3) is 5.91 Å². The normalized spacial score (nSPS) is 14.3. The summed E-state index contributed by atoms with van der Waals surface area (Å²) in [6.07, 6.45) is 2.34. The SMILES string of the molecule is CCN(CCO)C(=O)c1cccc(NC2CC2)n1. The lowest BCUT2D eigenvalue weighted by molar-refractivity contribution is 0.0726. The van der Waals surface area contributed by atoms with Crippen molar-refractivity contribution in [3.63, 3.8) is 0 Å². The van der Waals surface area contributed by atoms with Crippen molar-refractivity contribution in [1.29, 1.82) is 0 Å². The number of anilines is 1. The highest BCUT2D eigenvalue weighted by Gasteiger charge is 2.22. The second-order valence-electron chi connectivity index (χ2n) is 4.44. The van der Waals surface area contributed by atoms with Gasteiger partial charge in [-0.25, -0.2) is 4.98 Å². The maximum absolute atomic E-state index is 12.1. The van der Waals surface area contributed by atoms with E-state index >= 15 is 0 Å². The molecule has 2 N–H and O–H groups in total. The van der Waals surface area contributed by atoms with Gasteiger partial charge < -0.3 is 15.3 Å². The van der Waals surface area contributed by atoms with Gasteiger partial charge in [0, 0.05) is 19.1 Å². The van der Waals surface area contributed by atoms with Gasteiger partial charge in [0.1, 0.15) is 11.5 Å². The first-order chi connectivity index (χ1) is 8.74. The molecule has 1 fully saturated rings. The maximum atomic E-state index is 12.1. The number of likely N-dealkylation sites (N-methyl/N-ethyl adjacent to an activating group) is 1. The Morgan fingerprint density at radius 1 is 1.56 bits per heavy atom. The van der Waals surface area contributed by atoms with E-state index in [1.165, 1.54) is 12.8 Å². The van der Waals surface area contributed by atoms with E-state index in [0.717, 1.165) is 5.82 Å². The van der Waals surface area contributed by atoms with Crippen molar-refractivity contribution in [1.82, 2.24) is 9.88 Å². The van der Waals surface area contributed by atoms with Gasteiger partial charge >= 0.3 is 0 Å². The number of aliphatic hydroxyl groups excluding tert-OH is 1. The van der Waals surface area contributed by atoms with Gasteiger partial charge in [-0.15, -0.1) is 0 Å². The van der Waals surface area contributed by atoms with Crippen LogP contribution in [0.1, 0.15) is 30.3 Å². The molecule has 18 heavy (non-hydrogen) atoms. The number of nitrogens with one attached hydrogen (secondary N) is 1. The molecular weight excluding hydrogens is 230 g/mol. The van der Waals surface area contributed by atoms with E-state index < -0.39 is 0 Å². The van der Waals surface area contributed by atoms with Crippen LogP contribution in [-0.4, -0.2) is 46.6 Å². The number of carbonyl (C=O) groups is 1. The summed E-state index contributed by atoms with van der Waals surface area (Å²) in [5.74, 6) is 0.620. The number of nitrogens with zero attached hydrogens (tertiary/aromatic N) is 2. The van der Waals surface area contributed by atoms with E-state index in [1.807, 2.05) is 19.1 Å². The molecule has 0 saturated heterocycles. The third kappa shape index (κ3) is 3.20. The lowest BCUT2D eigenvalue weighted by Crippen LogP contribution is -2.33. The molecule has 0 radical (unpaired) electrons. The van der Waals surface area contributed by atoms with Gasteiger partial charge in [-0.05, 0) is 31.9 Å². The number of aromatic nitrogens is 1. The lowest BCUT2D eigenvalue weighted by Gasteiger charge is -2.19. The van der Waals surface area contributed by atoms with Crippen LogP contribution < -0.4 is 5.32 Å². The first kappa shape index (κ1) is 12.8. The molecule has 1 amide bonds. The van der Waals surface area contributed by atoms with Gasteiger partial charge in [0.15, 0.2) is 0 Å². The number of hydrogen-bond acceptors (Lipinski definition) is 4. The molecule has 5 nitrogen and oxygen atoms in total. The molecular formula is C13H19N3O2. The van der Waals surface area contributed by atoms with E-state index in [1.54, 1.807) is 11.0 Å². The minimum atomic E-state index is -0.133. The maximum Gasteiger partial charge on any atom is 0.272 e. The molecule has 0 spiro atoms. The monoisotopic (exact) mass is 249 g/mol. The van der Waals surface area contributed by atoms with E-state index in [0.29, 0.717) is 24.8 Å². The summed E-state index contributed by atoms with van der Waals surface area (Å²) in [5, 5.41) is 12.2. The van der Waals surface area contributed by atoms with Crippen LogP contribution in [0, 0.1) is 0 Å². The lowest BCUT2D eigenvalue weighted by atomic mass is 10.3. The molecule has 0 unspecified atom stereocenters. The third-order valence-corrected chi connectivity index (χ3v) is 2.94. The number of hydrogen-bond donors (Lipinski definition) is 2. The molecule has 0 bridgehead atoms. The minimum absolute atomic E-state index is 0.0282. The summed E-state index contributed by atoms with van der Waals surface area (Å²) < 4.78 is 0. The number of amides is 1. The molecule has 98 valence electrons. The van der Waals surface area contributed by atoms with Crippen LogP contribution in [0.25, 0.3) is 0 Å². The number of pyridine rings is 1. The van der Waals surface area contributed by atoms with Crippen LogP contribution in [0.2, 0.25) is 0 Å². The highest BCUT2D eigenvalue weighted by Crippen LogP contribution is 2.23. The smallest absolute Gasteiger partial charge is 0.272 e. The zero-order chi connectivity index (χ0) is 13.0. The highest BCUT2D eigenvalue weighted by molar-refractivity contribution is 5.92. The summed E-state index contributed by atoms with van der Waals surface area (Å²) in [5.41, 5.74) is 0.427. The van der Waals surface area contributed by atoms with Crippen molar-refractivity contribution < 1.29 is 9.90 Å². The summed E-state index contributed by atoms with van der Waals surface area (Å²) in [6.45, 7) is 2.78. The molecule has 1 saturated carbocycles. The predicted octanol–water partition coefficient (Wildman–Crippen LogP) is 1.11. The summed E-state index contributed by atoms with van der Waals surface area (Å²) in [6, 6.07) is 5.93. The fourth-order valence-electron chi connectivity index (χ4n) is 1.76. The number of rotatable bonds is 6. The van der Waals surface area contributed by atoms with Gasteiger partial charge in [-0.3, -0.25) is 4.79 Å². The van der Waals surface area contributed by atoms with Crippen molar-refractivity contribution in [3.05, 3.63) is 23.9 Å². The Hall–Kier alpha value is -1.62. The summed E-state index contributed by atoms with van der Waals surface area (Å²) in [7, 11) is 0. The second kappa shape index (κ2) is 5.82. The van der Waals surface area contributed by atoms with Crippen molar-refractivity contribution in [2.75, 3.05) is 25.0 Å².